The van der Waals surface area contributed by atoms with Gasteiger partial charge in [0.15, 0.2) is 0 Å². The van der Waals surface area contributed by atoms with Crippen molar-refractivity contribution >= 4 is 21.6 Å². The lowest BCUT2D eigenvalue weighted by molar-refractivity contribution is 0.780. The Kier molecular flexibility index (Phi) is 9.38. The van der Waals surface area contributed by atoms with E-state index in [2.05, 4.69) is 19.6 Å². The molecule has 0 saturated carbocycles. The molecule has 0 aliphatic carbocycles. The van der Waals surface area contributed by atoms with Crippen molar-refractivity contribution in [3.8, 4) is 0 Å². The highest BCUT2D eigenvalue weighted by Crippen LogP contribution is 2.24. The number of rotatable bonds is 6. The van der Waals surface area contributed by atoms with Crippen LogP contribution in [-0.4, -0.2) is 5.75 Å². The van der Waals surface area contributed by atoms with Crippen molar-refractivity contribution in [2.45, 2.75) is 33.1 Å². The van der Waals surface area contributed by atoms with Crippen molar-refractivity contribution < 1.29 is 0 Å². The Labute approximate surface area is 66.6 Å². The fourth-order valence-electron chi connectivity index (χ4n) is 0.527. The van der Waals surface area contributed by atoms with Crippen LogP contribution in [0.3, 0.4) is 0 Å². The summed E-state index contributed by atoms with van der Waals surface area (Å²) in [5.41, 5.74) is 0. The summed E-state index contributed by atoms with van der Waals surface area (Å²) in [6.45, 7) is 4.32. The Morgan fingerprint density at radius 1 is 1.33 bits per heavy atom. The van der Waals surface area contributed by atoms with Crippen LogP contribution in [0.4, 0.5) is 0 Å². The minimum Gasteiger partial charge on any atom is -0.0938 e. The van der Waals surface area contributed by atoms with E-state index < -0.39 is 0 Å². The van der Waals surface area contributed by atoms with Gasteiger partial charge in [-0.15, -0.1) is 0 Å². The summed E-state index contributed by atoms with van der Waals surface area (Å²) >= 11 is 0. The van der Waals surface area contributed by atoms with E-state index in [0.29, 0.717) is 0 Å². The normalized spacial score (nSPS) is 10.0. The first kappa shape index (κ1) is 9.70. The van der Waals surface area contributed by atoms with E-state index in [1.807, 2.05) is 21.6 Å². The van der Waals surface area contributed by atoms with Gasteiger partial charge >= 0.3 is 0 Å². The summed E-state index contributed by atoms with van der Waals surface area (Å²) in [6.07, 6.45) is 4.10. The molecule has 0 bridgehead atoms. The van der Waals surface area contributed by atoms with Crippen molar-refractivity contribution in [3.05, 3.63) is 5.75 Å². The van der Waals surface area contributed by atoms with Crippen LogP contribution in [0.2, 0.25) is 0 Å². The van der Waals surface area contributed by atoms with Crippen LogP contribution >= 0.6 is 21.6 Å². The van der Waals surface area contributed by atoms with Crippen molar-refractivity contribution in [2.24, 2.45) is 0 Å². The maximum absolute atomic E-state index is 2.24. The van der Waals surface area contributed by atoms with Crippen molar-refractivity contribution in [2.75, 3.05) is 5.75 Å². The number of hydrogen-bond acceptors (Lipinski definition) is 2. The van der Waals surface area contributed by atoms with Gasteiger partial charge in [-0.25, -0.2) is 0 Å². The molecule has 0 fully saturated rings. The molecule has 55 valence electrons. The third-order valence-electron chi connectivity index (χ3n) is 0.995. The van der Waals surface area contributed by atoms with Crippen molar-refractivity contribution in [3.63, 3.8) is 0 Å². The second-order valence-corrected chi connectivity index (χ2v) is 4.45. The smallest absolute Gasteiger partial charge is 0.0247 e. The van der Waals surface area contributed by atoms with Crippen molar-refractivity contribution in [1.29, 1.82) is 0 Å². The van der Waals surface area contributed by atoms with E-state index in [0.717, 1.165) is 0 Å². The highest BCUT2D eigenvalue weighted by molar-refractivity contribution is 8.77. The van der Waals surface area contributed by atoms with Crippen LogP contribution in [0.1, 0.15) is 33.1 Å². The molecule has 0 N–H and O–H groups in total. The number of hydrogen-bond donors (Lipinski definition) is 0. The second kappa shape index (κ2) is 8.70. The lowest BCUT2D eigenvalue weighted by Crippen LogP contribution is -1.74. The van der Waals surface area contributed by atoms with Gasteiger partial charge in [-0.1, -0.05) is 48.3 Å². The summed E-state index contributed by atoms with van der Waals surface area (Å²) in [6, 6.07) is 0. The highest BCUT2D eigenvalue weighted by atomic mass is 33.1. The molecule has 0 rings (SSSR count). The van der Waals surface area contributed by atoms with Crippen LogP contribution in [0.5, 0.6) is 0 Å². The first-order valence-electron chi connectivity index (χ1n) is 3.48. The quantitative estimate of drug-likeness (QED) is 0.432. The van der Waals surface area contributed by atoms with E-state index in [1.165, 1.54) is 25.0 Å². The molecule has 0 heterocycles. The molecule has 0 aromatic carbocycles. The summed E-state index contributed by atoms with van der Waals surface area (Å²) < 4.78 is 0. The minimum atomic E-state index is 1.31. The molecule has 0 aromatic rings. The largest absolute Gasteiger partial charge is 0.0938 e. The van der Waals surface area contributed by atoms with E-state index in [-0.39, 0.29) is 0 Å². The summed E-state index contributed by atoms with van der Waals surface area (Å²) in [5.74, 6) is 3.44. The Hall–Kier alpha value is 0.700. The fourth-order valence-corrected chi connectivity index (χ4v) is 2.13. The first-order chi connectivity index (χ1) is 4.41. The minimum absolute atomic E-state index is 1.31. The van der Waals surface area contributed by atoms with Crippen LogP contribution in [-0.2, 0) is 0 Å². The van der Waals surface area contributed by atoms with Crippen molar-refractivity contribution in [1.82, 2.24) is 0 Å². The predicted molar refractivity (Wildman–Crippen MR) is 49.5 cm³/mol. The van der Waals surface area contributed by atoms with E-state index in [4.69, 9.17) is 0 Å². The lowest BCUT2D eigenvalue weighted by atomic mass is 10.3. The summed E-state index contributed by atoms with van der Waals surface area (Å²) in [5, 5.41) is 0. The van der Waals surface area contributed by atoms with Gasteiger partial charge in [0.2, 0.25) is 0 Å². The van der Waals surface area contributed by atoms with Gasteiger partial charge in [0.25, 0.3) is 0 Å². The first-order valence-corrected chi connectivity index (χ1v) is 5.86. The standard InChI is InChI=1S/C7H15S2/c1-3-5-6-7-9-8-4-2/h4H,3,5-7H2,1-2H3. The Morgan fingerprint density at radius 3 is 2.67 bits per heavy atom. The molecule has 0 unspecified atom stereocenters. The summed E-state index contributed by atoms with van der Waals surface area (Å²) in [7, 11) is 3.80. The van der Waals surface area contributed by atoms with Crippen LogP contribution in [0.15, 0.2) is 0 Å². The topological polar surface area (TPSA) is 0 Å². The zero-order valence-electron chi connectivity index (χ0n) is 6.22. The molecule has 0 spiro atoms. The Morgan fingerprint density at radius 2 is 2.11 bits per heavy atom. The average molecular weight is 163 g/mol. The molecule has 0 aliphatic rings. The third kappa shape index (κ3) is 8.70. The maximum atomic E-state index is 2.24. The van der Waals surface area contributed by atoms with Gasteiger partial charge < -0.3 is 0 Å². The predicted octanol–water partition coefficient (Wildman–Crippen LogP) is 3.74. The van der Waals surface area contributed by atoms with Crippen LogP contribution in [0.25, 0.3) is 0 Å². The van der Waals surface area contributed by atoms with Crippen LogP contribution in [0, 0.1) is 5.75 Å². The molecule has 0 aromatic heterocycles. The molecule has 1 radical (unpaired) electrons. The molecule has 9 heavy (non-hydrogen) atoms. The lowest BCUT2D eigenvalue weighted by Gasteiger charge is -1.95. The highest BCUT2D eigenvalue weighted by Gasteiger charge is 1.86. The van der Waals surface area contributed by atoms with Gasteiger partial charge in [0.05, 0.1) is 0 Å². The zero-order valence-corrected chi connectivity index (χ0v) is 7.86. The molecule has 0 amide bonds. The zero-order chi connectivity index (χ0) is 6.95. The third-order valence-corrected chi connectivity index (χ3v) is 3.26. The molecule has 0 aliphatic heterocycles. The van der Waals surface area contributed by atoms with E-state index in [9.17, 15) is 0 Å². The molecular weight excluding hydrogens is 148 g/mol. The van der Waals surface area contributed by atoms with Gasteiger partial charge in [0.1, 0.15) is 0 Å². The average Bonchev–Trinajstić information content (AvgIpc) is 1.89. The van der Waals surface area contributed by atoms with Crippen LogP contribution < -0.4 is 0 Å². The van der Waals surface area contributed by atoms with Gasteiger partial charge in [-0.2, -0.15) is 0 Å². The molecule has 2 heteroatoms. The SMILES string of the molecule is C[CH]SSCCCCC. The maximum Gasteiger partial charge on any atom is 0.0247 e. The van der Waals surface area contributed by atoms with E-state index in [1.54, 1.807) is 0 Å². The summed E-state index contributed by atoms with van der Waals surface area (Å²) in [4.78, 5) is 0. The molecule has 0 saturated heterocycles. The Balaban J connectivity index is 2.60. The molecular formula is C7H15S2. The molecule has 0 nitrogen and oxygen atoms in total. The van der Waals surface area contributed by atoms with E-state index >= 15 is 0 Å². The Bertz CT molecular complexity index is 40.2. The van der Waals surface area contributed by atoms with Gasteiger partial charge in [-0.3, -0.25) is 0 Å². The van der Waals surface area contributed by atoms with Gasteiger partial charge in [-0.05, 0) is 6.42 Å². The monoisotopic (exact) mass is 163 g/mol. The fraction of sp³-hybridized carbons (Fsp3) is 0.857. The van der Waals surface area contributed by atoms with Gasteiger partial charge in [0, 0.05) is 11.5 Å². The molecule has 0 atom stereocenters. The number of unbranched alkanes of at least 4 members (excludes halogenated alkanes) is 2. The second-order valence-electron chi connectivity index (χ2n) is 1.86.